The molecule has 0 bridgehead atoms. The first-order valence-electron chi connectivity index (χ1n) is 9.61. The third-order valence-corrected chi connectivity index (χ3v) is 6.61. The van der Waals surface area contributed by atoms with Crippen molar-refractivity contribution in [2.45, 2.75) is 18.4 Å². The van der Waals surface area contributed by atoms with E-state index in [2.05, 4.69) is 24.7 Å². The second-order valence-electron chi connectivity index (χ2n) is 7.01. The smallest absolute Gasteiger partial charge is 0.270 e. The second kappa shape index (κ2) is 8.53. The molecule has 2 aromatic heterocycles. The van der Waals surface area contributed by atoms with Gasteiger partial charge in [-0.3, -0.25) is 10.1 Å². The summed E-state index contributed by atoms with van der Waals surface area (Å²) >= 11 is 0. The molecule has 0 unspecified atom stereocenters. The summed E-state index contributed by atoms with van der Waals surface area (Å²) in [6, 6.07) is 3.75. The minimum Gasteiger partial charge on any atom is -0.378 e. The van der Waals surface area contributed by atoms with Gasteiger partial charge in [0.1, 0.15) is 12.1 Å². The number of morpholine rings is 1. The van der Waals surface area contributed by atoms with E-state index in [-0.39, 0.29) is 23.7 Å². The van der Waals surface area contributed by atoms with E-state index in [1.165, 1.54) is 18.5 Å². The number of rotatable bonds is 7. The number of hydrogen-bond acceptors (Lipinski definition) is 9. The molecule has 3 heterocycles. The number of nitrogens with one attached hydrogen (secondary N) is 1. The van der Waals surface area contributed by atoms with Crippen molar-refractivity contribution in [3.05, 3.63) is 46.4 Å². The van der Waals surface area contributed by atoms with Gasteiger partial charge in [-0.15, -0.1) is 0 Å². The largest absolute Gasteiger partial charge is 0.378 e. The van der Waals surface area contributed by atoms with Gasteiger partial charge >= 0.3 is 0 Å². The number of nitrogens with zero attached hydrogens (tertiary/aromatic N) is 6. The SMILES string of the molecule is Cc1ccc([N+](=O)[O-])cc1S(=O)(=O)NCCn1ncc2c(N3CCOCC3)ncnc21. The Morgan fingerprint density at radius 2 is 2.03 bits per heavy atom. The molecular weight excluding hydrogens is 426 g/mol. The lowest BCUT2D eigenvalue weighted by molar-refractivity contribution is -0.385. The van der Waals surface area contributed by atoms with Gasteiger partial charge in [-0.25, -0.2) is 27.8 Å². The van der Waals surface area contributed by atoms with Crippen LogP contribution in [-0.2, 0) is 21.3 Å². The summed E-state index contributed by atoms with van der Waals surface area (Å²) in [4.78, 5) is 21.0. The Hall–Kier alpha value is -3.16. The van der Waals surface area contributed by atoms with Crippen LogP contribution in [0.3, 0.4) is 0 Å². The summed E-state index contributed by atoms with van der Waals surface area (Å²) < 4.78 is 34.8. The Labute approximate surface area is 178 Å². The highest BCUT2D eigenvalue weighted by Crippen LogP contribution is 2.24. The fourth-order valence-corrected chi connectivity index (χ4v) is 4.71. The molecule has 4 rings (SSSR count). The molecule has 3 aromatic rings. The van der Waals surface area contributed by atoms with E-state index in [1.54, 1.807) is 17.8 Å². The minimum atomic E-state index is -3.93. The molecule has 12 nitrogen and oxygen atoms in total. The number of benzene rings is 1. The Balaban J connectivity index is 1.50. The number of aromatic nitrogens is 4. The number of nitro benzene ring substituents is 1. The highest BCUT2D eigenvalue weighted by atomic mass is 32.2. The molecule has 1 saturated heterocycles. The molecule has 1 aromatic carbocycles. The Morgan fingerprint density at radius 3 is 2.77 bits per heavy atom. The van der Waals surface area contributed by atoms with Crippen molar-refractivity contribution >= 4 is 32.6 Å². The van der Waals surface area contributed by atoms with Gasteiger partial charge in [0.2, 0.25) is 10.0 Å². The maximum atomic E-state index is 12.7. The molecule has 31 heavy (non-hydrogen) atoms. The van der Waals surface area contributed by atoms with Crippen molar-refractivity contribution in [2.24, 2.45) is 0 Å². The first kappa shape index (κ1) is 21.1. The number of ether oxygens (including phenoxy) is 1. The molecule has 0 saturated carbocycles. The van der Waals surface area contributed by atoms with Crippen LogP contribution in [0.1, 0.15) is 5.56 Å². The first-order valence-corrected chi connectivity index (χ1v) is 11.1. The Kier molecular flexibility index (Phi) is 5.80. The number of nitro groups is 1. The van der Waals surface area contributed by atoms with Gasteiger partial charge in [0, 0.05) is 31.8 Å². The van der Waals surface area contributed by atoms with E-state index in [1.807, 2.05) is 0 Å². The standard InChI is InChI=1S/C18H21N7O5S/c1-13-2-3-14(25(26)27)10-16(13)31(28,29)22-4-5-24-18-15(11-21-24)17(19-12-20-18)23-6-8-30-9-7-23/h2-3,10-12,22H,4-9H2,1H3. The average molecular weight is 447 g/mol. The van der Waals surface area contributed by atoms with Crippen LogP contribution in [0.15, 0.2) is 35.6 Å². The zero-order valence-corrected chi connectivity index (χ0v) is 17.6. The van der Waals surface area contributed by atoms with Crippen molar-refractivity contribution in [3.8, 4) is 0 Å². The molecule has 0 atom stereocenters. The predicted molar refractivity (Wildman–Crippen MR) is 111 cm³/mol. The average Bonchev–Trinajstić information content (AvgIpc) is 3.17. The number of non-ortho nitro benzene ring substituents is 1. The highest BCUT2D eigenvalue weighted by Gasteiger charge is 2.21. The van der Waals surface area contributed by atoms with Gasteiger partial charge in [-0.1, -0.05) is 6.07 Å². The van der Waals surface area contributed by atoms with Gasteiger partial charge in [-0.05, 0) is 12.5 Å². The zero-order chi connectivity index (χ0) is 22.0. The fourth-order valence-electron chi connectivity index (χ4n) is 3.43. The van der Waals surface area contributed by atoms with E-state index in [0.717, 1.165) is 30.4 Å². The van der Waals surface area contributed by atoms with Gasteiger partial charge in [0.05, 0.1) is 41.2 Å². The molecule has 1 N–H and O–H groups in total. The molecule has 0 spiro atoms. The lowest BCUT2D eigenvalue weighted by atomic mass is 10.2. The van der Waals surface area contributed by atoms with Crippen molar-refractivity contribution in [3.63, 3.8) is 0 Å². The van der Waals surface area contributed by atoms with Gasteiger partial charge in [0.25, 0.3) is 5.69 Å². The second-order valence-corrected chi connectivity index (χ2v) is 8.74. The first-order chi connectivity index (χ1) is 14.9. The summed E-state index contributed by atoms with van der Waals surface area (Å²) in [6.45, 7) is 4.55. The van der Waals surface area contributed by atoms with Crippen molar-refractivity contribution < 1.29 is 18.1 Å². The monoisotopic (exact) mass is 447 g/mol. The quantitative estimate of drug-likeness (QED) is 0.411. The van der Waals surface area contributed by atoms with Gasteiger partial charge < -0.3 is 9.64 Å². The predicted octanol–water partition coefficient (Wildman–Crippen LogP) is 0.858. The van der Waals surface area contributed by atoms with Crippen LogP contribution in [0.25, 0.3) is 11.0 Å². The number of hydrogen-bond donors (Lipinski definition) is 1. The lowest BCUT2D eigenvalue weighted by Crippen LogP contribution is -2.36. The molecule has 0 radical (unpaired) electrons. The molecule has 13 heteroatoms. The van der Waals surface area contributed by atoms with Crippen molar-refractivity contribution in [2.75, 3.05) is 37.7 Å². The van der Waals surface area contributed by atoms with E-state index >= 15 is 0 Å². The Bertz CT molecular complexity index is 1220. The summed E-state index contributed by atoms with van der Waals surface area (Å²) in [6.07, 6.45) is 3.13. The number of sulfonamides is 1. The van der Waals surface area contributed by atoms with Crippen LogP contribution in [0, 0.1) is 17.0 Å². The third-order valence-electron chi connectivity index (χ3n) is 5.01. The number of aryl methyl sites for hydroxylation is 1. The maximum Gasteiger partial charge on any atom is 0.270 e. The molecule has 0 aliphatic carbocycles. The van der Waals surface area contributed by atoms with E-state index in [0.29, 0.717) is 24.4 Å². The van der Waals surface area contributed by atoms with E-state index in [9.17, 15) is 18.5 Å². The molecular formula is C18H21N7O5S. The zero-order valence-electron chi connectivity index (χ0n) is 16.8. The molecule has 1 aliphatic heterocycles. The summed E-state index contributed by atoms with van der Waals surface area (Å²) in [5, 5.41) is 16.1. The van der Waals surface area contributed by atoms with Crippen molar-refractivity contribution in [1.82, 2.24) is 24.5 Å². The van der Waals surface area contributed by atoms with E-state index < -0.39 is 14.9 Å². The Morgan fingerprint density at radius 1 is 1.26 bits per heavy atom. The third kappa shape index (κ3) is 4.33. The summed E-state index contributed by atoms with van der Waals surface area (Å²) in [7, 11) is -3.93. The molecule has 164 valence electrons. The minimum absolute atomic E-state index is 0.0398. The van der Waals surface area contributed by atoms with Crippen LogP contribution in [0.4, 0.5) is 11.5 Å². The van der Waals surface area contributed by atoms with Crippen LogP contribution in [-0.4, -0.2) is 65.9 Å². The highest BCUT2D eigenvalue weighted by molar-refractivity contribution is 7.89. The summed E-state index contributed by atoms with van der Waals surface area (Å²) in [5.74, 6) is 0.771. The van der Waals surface area contributed by atoms with Crippen LogP contribution < -0.4 is 9.62 Å². The molecule has 1 aliphatic rings. The van der Waals surface area contributed by atoms with Crippen LogP contribution >= 0.6 is 0 Å². The maximum absolute atomic E-state index is 12.7. The molecule has 0 amide bonds. The lowest BCUT2D eigenvalue weighted by Gasteiger charge is -2.27. The topological polar surface area (TPSA) is 145 Å². The van der Waals surface area contributed by atoms with Gasteiger partial charge in [0.15, 0.2) is 5.65 Å². The molecule has 1 fully saturated rings. The van der Waals surface area contributed by atoms with Crippen molar-refractivity contribution in [1.29, 1.82) is 0 Å². The van der Waals surface area contributed by atoms with Crippen LogP contribution in [0.2, 0.25) is 0 Å². The normalized spacial score (nSPS) is 14.8. The number of fused-ring (bicyclic) bond motifs is 1. The van der Waals surface area contributed by atoms with E-state index in [4.69, 9.17) is 4.74 Å². The number of anilines is 1. The van der Waals surface area contributed by atoms with Gasteiger partial charge in [-0.2, -0.15) is 5.10 Å². The van der Waals surface area contributed by atoms with Crippen LogP contribution in [0.5, 0.6) is 0 Å². The summed E-state index contributed by atoms with van der Waals surface area (Å²) in [5.41, 5.74) is 0.740. The fraction of sp³-hybridized carbons (Fsp3) is 0.389.